The van der Waals surface area contributed by atoms with Crippen molar-refractivity contribution >= 4 is 54.9 Å². The molecule has 0 spiro atoms. The van der Waals surface area contributed by atoms with Crippen LogP contribution in [0.25, 0.3) is 66.4 Å². The lowest BCUT2D eigenvalue weighted by Gasteiger charge is -2.09. The van der Waals surface area contributed by atoms with Crippen LogP contribution < -0.4 is 0 Å². The van der Waals surface area contributed by atoms with Crippen LogP contribution in [0, 0.1) is 0 Å². The Morgan fingerprint density at radius 1 is 0.472 bits per heavy atom. The maximum atomic E-state index is 5.36. The second-order valence-electron chi connectivity index (χ2n) is 8.98. The van der Waals surface area contributed by atoms with Crippen molar-refractivity contribution < 1.29 is 0 Å². The summed E-state index contributed by atoms with van der Waals surface area (Å²) in [5.74, 6) is 0.830. The number of benzene rings is 3. The first kappa shape index (κ1) is 19.3. The van der Waals surface area contributed by atoms with Crippen molar-refractivity contribution in [3.8, 4) is 11.5 Å². The minimum atomic E-state index is 0.830. The lowest BCUT2D eigenvalue weighted by atomic mass is 10.1. The third-order valence-electron chi connectivity index (χ3n) is 6.96. The van der Waals surface area contributed by atoms with Crippen LogP contribution >= 0.6 is 0 Å². The van der Waals surface area contributed by atoms with E-state index >= 15 is 0 Å². The van der Waals surface area contributed by atoms with E-state index in [0.717, 1.165) is 61.0 Å². The highest BCUT2D eigenvalue weighted by Crippen LogP contribution is 2.37. The predicted molar refractivity (Wildman–Crippen MR) is 146 cm³/mol. The summed E-state index contributed by atoms with van der Waals surface area (Å²) in [5.41, 5.74) is 6.87. The largest absolute Gasteiger partial charge is 0.294 e. The molecule has 0 atom stereocenters. The number of pyridine rings is 3. The molecule has 5 heterocycles. The summed E-state index contributed by atoms with van der Waals surface area (Å²) in [6, 6.07) is 37.7. The van der Waals surface area contributed by atoms with E-state index in [-0.39, 0.29) is 0 Å². The summed E-state index contributed by atoms with van der Waals surface area (Å²) in [7, 11) is 0. The fourth-order valence-electron chi connectivity index (χ4n) is 5.39. The number of nitrogens with zero attached hydrogens (tertiary/aromatic N) is 5. The van der Waals surface area contributed by atoms with Crippen LogP contribution in [-0.2, 0) is 0 Å². The van der Waals surface area contributed by atoms with Crippen molar-refractivity contribution in [1.82, 2.24) is 24.1 Å². The Labute approximate surface area is 205 Å². The topological polar surface area (TPSA) is 48.5 Å². The Bertz CT molecular complexity index is 2100. The van der Waals surface area contributed by atoms with Crippen LogP contribution in [0.1, 0.15) is 0 Å². The van der Waals surface area contributed by atoms with Crippen molar-refractivity contribution in [3.05, 3.63) is 115 Å². The van der Waals surface area contributed by atoms with Crippen molar-refractivity contribution in [1.29, 1.82) is 0 Å². The molecule has 0 aliphatic rings. The molecule has 0 aliphatic heterocycles. The second kappa shape index (κ2) is 7.23. The molecule has 0 amide bonds. The smallest absolute Gasteiger partial charge is 0.149 e. The van der Waals surface area contributed by atoms with Crippen LogP contribution in [0.15, 0.2) is 115 Å². The van der Waals surface area contributed by atoms with Gasteiger partial charge in [-0.15, -0.1) is 0 Å². The van der Waals surface area contributed by atoms with Gasteiger partial charge in [0.05, 0.1) is 22.1 Å². The van der Waals surface area contributed by atoms with Gasteiger partial charge in [0.2, 0.25) is 0 Å². The van der Waals surface area contributed by atoms with Crippen molar-refractivity contribution in [2.75, 3.05) is 0 Å². The van der Waals surface area contributed by atoms with E-state index in [0.29, 0.717) is 0 Å². The molecule has 8 rings (SSSR count). The molecule has 0 aliphatic carbocycles. The molecule has 8 aromatic rings. The van der Waals surface area contributed by atoms with Gasteiger partial charge in [-0.2, -0.15) is 0 Å². The first-order valence-corrected chi connectivity index (χ1v) is 12.0. The number of hydrogen-bond acceptors (Lipinski definition) is 3. The minimum absolute atomic E-state index is 0.830. The number of hydrogen-bond donors (Lipinski definition) is 0. The highest BCUT2D eigenvalue weighted by atomic mass is 15.1. The maximum Gasteiger partial charge on any atom is 0.149 e. The first-order valence-electron chi connectivity index (χ1n) is 12.0. The molecule has 0 saturated heterocycles. The summed E-state index contributed by atoms with van der Waals surface area (Å²) in [5, 5.41) is 4.60. The van der Waals surface area contributed by atoms with Gasteiger partial charge >= 0.3 is 0 Å². The van der Waals surface area contributed by atoms with Gasteiger partial charge < -0.3 is 0 Å². The molecule has 0 saturated carbocycles. The molecule has 0 unspecified atom stereocenters. The minimum Gasteiger partial charge on any atom is -0.294 e. The van der Waals surface area contributed by atoms with Crippen LogP contribution in [0.3, 0.4) is 0 Å². The van der Waals surface area contributed by atoms with Gasteiger partial charge in [-0.05, 0) is 54.6 Å². The molecule has 0 fully saturated rings. The van der Waals surface area contributed by atoms with Gasteiger partial charge in [-0.25, -0.2) is 9.97 Å². The Kier molecular flexibility index (Phi) is 3.88. The maximum absolute atomic E-state index is 5.36. The molecular weight excluding hydrogens is 442 g/mol. The van der Waals surface area contributed by atoms with E-state index in [1.807, 2.05) is 30.3 Å². The molecule has 0 radical (unpaired) electrons. The summed E-state index contributed by atoms with van der Waals surface area (Å²) < 4.78 is 4.42. The molecule has 168 valence electrons. The van der Waals surface area contributed by atoms with Crippen LogP contribution in [0.5, 0.6) is 0 Å². The van der Waals surface area contributed by atoms with Crippen LogP contribution in [-0.4, -0.2) is 24.1 Å². The second-order valence-corrected chi connectivity index (χ2v) is 8.98. The van der Waals surface area contributed by atoms with E-state index in [1.54, 1.807) is 6.20 Å². The molecular formula is C31H19N5. The molecule has 36 heavy (non-hydrogen) atoms. The molecule has 5 nitrogen and oxygen atoms in total. The Morgan fingerprint density at radius 2 is 1.14 bits per heavy atom. The number of para-hydroxylation sites is 3. The van der Waals surface area contributed by atoms with Crippen LogP contribution in [0.2, 0.25) is 0 Å². The lowest BCUT2D eigenvalue weighted by molar-refractivity contribution is 1.07. The van der Waals surface area contributed by atoms with Gasteiger partial charge in [0.1, 0.15) is 17.1 Å². The van der Waals surface area contributed by atoms with Gasteiger partial charge in [0.15, 0.2) is 0 Å². The van der Waals surface area contributed by atoms with E-state index in [4.69, 9.17) is 9.97 Å². The van der Waals surface area contributed by atoms with Crippen molar-refractivity contribution in [3.63, 3.8) is 0 Å². The predicted octanol–water partition coefficient (Wildman–Crippen LogP) is 7.22. The first-order chi connectivity index (χ1) is 17.9. The molecule has 5 heteroatoms. The summed E-state index contributed by atoms with van der Waals surface area (Å²) in [6.45, 7) is 0. The van der Waals surface area contributed by atoms with Gasteiger partial charge in [0, 0.05) is 33.4 Å². The fourth-order valence-corrected chi connectivity index (χ4v) is 5.39. The average Bonchev–Trinajstić information content (AvgIpc) is 3.44. The van der Waals surface area contributed by atoms with Gasteiger partial charge in [-0.1, -0.05) is 54.6 Å². The molecule has 5 aromatic heterocycles. The molecule has 3 aromatic carbocycles. The summed E-state index contributed by atoms with van der Waals surface area (Å²) >= 11 is 0. The monoisotopic (exact) mass is 461 g/mol. The number of rotatable bonds is 2. The van der Waals surface area contributed by atoms with E-state index < -0.39 is 0 Å². The zero-order chi connectivity index (χ0) is 23.6. The normalized spacial score (nSPS) is 11.9. The van der Waals surface area contributed by atoms with Gasteiger partial charge in [-0.3, -0.25) is 14.1 Å². The Morgan fingerprint density at radius 3 is 1.92 bits per heavy atom. The SMILES string of the molecule is c1ccc(-n2c3ccccc3c3cc4c5ccccc5n(-c5ccc6ncccc6n5)c4nc32)cc1. The highest BCUT2D eigenvalue weighted by molar-refractivity contribution is 6.16. The molecule has 0 bridgehead atoms. The zero-order valence-corrected chi connectivity index (χ0v) is 19.2. The highest BCUT2D eigenvalue weighted by Gasteiger charge is 2.20. The third kappa shape index (κ3) is 2.62. The quantitative estimate of drug-likeness (QED) is 0.273. The summed E-state index contributed by atoms with van der Waals surface area (Å²) in [4.78, 5) is 14.8. The van der Waals surface area contributed by atoms with Crippen molar-refractivity contribution in [2.24, 2.45) is 0 Å². The average molecular weight is 462 g/mol. The van der Waals surface area contributed by atoms with Gasteiger partial charge in [0.25, 0.3) is 0 Å². The molecule has 0 N–H and O–H groups in total. The lowest BCUT2D eigenvalue weighted by Crippen LogP contribution is -2.00. The van der Waals surface area contributed by atoms with Crippen LogP contribution in [0.4, 0.5) is 0 Å². The summed E-state index contributed by atoms with van der Waals surface area (Å²) in [6.07, 6.45) is 1.80. The number of fused-ring (bicyclic) bond motifs is 7. The third-order valence-corrected chi connectivity index (χ3v) is 6.96. The Balaban J connectivity index is 1.55. The fraction of sp³-hybridized carbons (Fsp3) is 0. The van der Waals surface area contributed by atoms with E-state index in [9.17, 15) is 0 Å². The Hall–Kier alpha value is -5.03. The van der Waals surface area contributed by atoms with E-state index in [2.05, 4.69) is 93.0 Å². The number of aromatic nitrogens is 5. The standard InChI is InChI=1S/C31H19N5/c1-2-9-20(10-3-1)35-27-14-6-4-11-21(27)23-19-24-22-12-5-7-15-28(22)36(31(24)34-30(23)35)29-17-16-25-26(33-29)13-8-18-32-25/h1-19H. The van der Waals surface area contributed by atoms with E-state index in [1.165, 1.54) is 5.39 Å². The zero-order valence-electron chi connectivity index (χ0n) is 19.2. The van der Waals surface area contributed by atoms with Crippen molar-refractivity contribution in [2.45, 2.75) is 0 Å².